The summed E-state index contributed by atoms with van der Waals surface area (Å²) in [7, 11) is 0. The molecule has 9 heteroatoms. The zero-order valence-corrected chi connectivity index (χ0v) is 11.9. The van der Waals surface area contributed by atoms with Crippen LogP contribution in [0.25, 0.3) is 11.4 Å². The molecule has 0 fully saturated rings. The zero-order chi connectivity index (χ0) is 14.9. The molecule has 0 aliphatic heterocycles. The maximum absolute atomic E-state index is 11.2. The first-order chi connectivity index (χ1) is 9.38. The van der Waals surface area contributed by atoms with E-state index in [1.165, 1.54) is 17.0 Å². The van der Waals surface area contributed by atoms with Crippen molar-refractivity contribution < 1.29 is 9.90 Å². The Kier molecular flexibility index (Phi) is 4.22. The standard InChI is InChI=1S/C11H11Cl2N5O2/c1-5(14)3-18-4-7(16-9(18)10(19)20)8-6(12)2-15-11(13)17-8/h2,4-5H,3,14H2,1H3,(H,19,20). The first-order valence-corrected chi connectivity index (χ1v) is 6.38. The van der Waals surface area contributed by atoms with E-state index in [9.17, 15) is 4.79 Å². The molecule has 2 aromatic rings. The zero-order valence-electron chi connectivity index (χ0n) is 10.4. The fourth-order valence-corrected chi connectivity index (χ4v) is 2.00. The van der Waals surface area contributed by atoms with Crippen LogP contribution in [-0.2, 0) is 6.54 Å². The van der Waals surface area contributed by atoms with Crippen molar-refractivity contribution in [2.75, 3.05) is 0 Å². The van der Waals surface area contributed by atoms with E-state index < -0.39 is 5.97 Å². The maximum atomic E-state index is 11.2. The van der Waals surface area contributed by atoms with Crippen LogP contribution in [0, 0.1) is 0 Å². The molecule has 7 nitrogen and oxygen atoms in total. The van der Waals surface area contributed by atoms with E-state index in [0.717, 1.165) is 0 Å². The van der Waals surface area contributed by atoms with Crippen molar-refractivity contribution in [2.45, 2.75) is 19.5 Å². The number of aromatic nitrogens is 4. The first-order valence-electron chi connectivity index (χ1n) is 5.63. The summed E-state index contributed by atoms with van der Waals surface area (Å²) in [5.41, 5.74) is 6.26. The van der Waals surface area contributed by atoms with Gasteiger partial charge in [0.1, 0.15) is 11.4 Å². The van der Waals surface area contributed by atoms with Crippen molar-refractivity contribution >= 4 is 29.2 Å². The topological polar surface area (TPSA) is 107 Å². The average Bonchev–Trinajstić information content (AvgIpc) is 2.75. The summed E-state index contributed by atoms with van der Waals surface area (Å²) in [5, 5.41) is 9.38. The quantitative estimate of drug-likeness (QED) is 0.831. The summed E-state index contributed by atoms with van der Waals surface area (Å²) >= 11 is 11.7. The molecule has 1 atom stereocenters. The number of nitrogens with zero attached hydrogens (tertiary/aromatic N) is 4. The van der Waals surface area contributed by atoms with Gasteiger partial charge in [0.25, 0.3) is 0 Å². The van der Waals surface area contributed by atoms with Crippen LogP contribution in [0.5, 0.6) is 0 Å². The predicted molar refractivity (Wildman–Crippen MR) is 73.9 cm³/mol. The lowest BCUT2D eigenvalue weighted by Crippen LogP contribution is -2.24. The van der Waals surface area contributed by atoms with Gasteiger partial charge in [0, 0.05) is 18.8 Å². The third-order valence-electron chi connectivity index (χ3n) is 2.41. The van der Waals surface area contributed by atoms with Crippen molar-refractivity contribution in [3.05, 3.63) is 28.5 Å². The minimum Gasteiger partial charge on any atom is -0.475 e. The Labute approximate surface area is 124 Å². The van der Waals surface area contributed by atoms with Crippen molar-refractivity contribution in [2.24, 2.45) is 5.73 Å². The Morgan fingerprint density at radius 3 is 2.80 bits per heavy atom. The maximum Gasteiger partial charge on any atom is 0.372 e. The van der Waals surface area contributed by atoms with Gasteiger partial charge in [-0.2, -0.15) is 0 Å². The van der Waals surface area contributed by atoms with Gasteiger partial charge in [0.15, 0.2) is 0 Å². The summed E-state index contributed by atoms with van der Waals surface area (Å²) in [5.74, 6) is -1.30. The van der Waals surface area contributed by atoms with E-state index in [1.54, 1.807) is 6.92 Å². The molecule has 0 radical (unpaired) electrons. The van der Waals surface area contributed by atoms with Crippen LogP contribution >= 0.6 is 23.2 Å². The van der Waals surface area contributed by atoms with E-state index in [4.69, 9.17) is 34.0 Å². The van der Waals surface area contributed by atoms with Gasteiger partial charge in [-0.3, -0.25) is 0 Å². The van der Waals surface area contributed by atoms with E-state index >= 15 is 0 Å². The van der Waals surface area contributed by atoms with E-state index in [2.05, 4.69) is 15.0 Å². The highest BCUT2D eigenvalue weighted by atomic mass is 35.5. The Bertz CT molecular complexity index is 656. The third kappa shape index (κ3) is 3.06. The van der Waals surface area contributed by atoms with Gasteiger partial charge in [0.05, 0.1) is 11.2 Å². The second-order valence-electron chi connectivity index (χ2n) is 4.22. The summed E-state index contributed by atoms with van der Waals surface area (Å²) in [6.45, 7) is 2.07. The Balaban J connectivity index is 2.52. The van der Waals surface area contributed by atoms with Gasteiger partial charge in [-0.05, 0) is 18.5 Å². The highest BCUT2D eigenvalue weighted by Gasteiger charge is 2.19. The minimum absolute atomic E-state index is 0.00279. The molecule has 2 heterocycles. The molecule has 20 heavy (non-hydrogen) atoms. The SMILES string of the molecule is CC(N)Cn1cc(-c2nc(Cl)ncc2Cl)nc1C(=O)O. The van der Waals surface area contributed by atoms with Gasteiger partial charge in [0.2, 0.25) is 11.1 Å². The molecule has 3 N–H and O–H groups in total. The van der Waals surface area contributed by atoms with Crippen LogP contribution in [0.4, 0.5) is 0 Å². The molecular formula is C11H11Cl2N5O2. The van der Waals surface area contributed by atoms with Gasteiger partial charge >= 0.3 is 5.97 Å². The predicted octanol–water partition coefficient (Wildman–Crippen LogP) is 1.69. The van der Waals surface area contributed by atoms with Crippen LogP contribution in [0.1, 0.15) is 17.5 Å². The number of hydrogen-bond donors (Lipinski definition) is 2. The molecule has 2 rings (SSSR count). The summed E-state index contributed by atoms with van der Waals surface area (Å²) in [4.78, 5) is 22.9. The molecule has 0 saturated heterocycles. The average molecular weight is 316 g/mol. The highest BCUT2D eigenvalue weighted by Crippen LogP contribution is 2.25. The van der Waals surface area contributed by atoms with E-state index in [-0.39, 0.29) is 27.9 Å². The fraction of sp³-hybridized carbons (Fsp3) is 0.273. The van der Waals surface area contributed by atoms with Crippen LogP contribution < -0.4 is 5.73 Å². The van der Waals surface area contributed by atoms with Gasteiger partial charge in [-0.25, -0.2) is 19.7 Å². The minimum atomic E-state index is -1.16. The monoisotopic (exact) mass is 315 g/mol. The van der Waals surface area contributed by atoms with Crippen LogP contribution in [0.2, 0.25) is 10.3 Å². The Hall–Kier alpha value is -1.70. The Morgan fingerprint density at radius 1 is 1.50 bits per heavy atom. The largest absolute Gasteiger partial charge is 0.475 e. The van der Waals surface area contributed by atoms with Crippen molar-refractivity contribution in [1.82, 2.24) is 19.5 Å². The molecule has 0 spiro atoms. The van der Waals surface area contributed by atoms with Crippen molar-refractivity contribution in [3.8, 4) is 11.4 Å². The van der Waals surface area contributed by atoms with E-state index in [0.29, 0.717) is 12.2 Å². The summed E-state index contributed by atoms with van der Waals surface area (Å²) in [6.07, 6.45) is 2.86. The lowest BCUT2D eigenvalue weighted by Gasteiger charge is -2.07. The second-order valence-corrected chi connectivity index (χ2v) is 4.97. The smallest absolute Gasteiger partial charge is 0.372 e. The molecule has 0 saturated carbocycles. The third-order valence-corrected chi connectivity index (χ3v) is 2.87. The molecule has 0 aliphatic rings. The number of aromatic carboxylic acids is 1. The van der Waals surface area contributed by atoms with Gasteiger partial charge in [-0.15, -0.1) is 0 Å². The van der Waals surface area contributed by atoms with Crippen molar-refractivity contribution in [1.29, 1.82) is 0 Å². The highest BCUT2D eigenvalue weighted by molar-refractivity contribution is 6.33. The summed E-state index contributed by atoms with van der Waals surface area (Å²) < 4.78 is 1.44. The molecule has 0 aromatic carbocycles. The molecule has 2 aromatic heterocycles. The number of imidazole rings is 1. The number of nitrogens with two attached hydrogens (primary N) is 1. The first kappa shape index (κ1) is 14.7. The number of halogens is 2. The molecule has 106 valence electrons. The van der Waals surface area contributed by atoms with Gasteiger partial charge < -0.3 is 15.4 Å². The molecule has 0 amide bonds. The molecule has 0 aliphatic carbocycles. The number of carboxylic acids is 1. The normalized spacial score (nSPS) is 12.4. The molecular weight excluding hydrogens is 305 g/mol. The van der Waals surface area contributed by atoms with E-state index in [1.807, 2.05) is 0 Å². The molecule has 1 unspecified atom stereocenters. The van der Waals surface area contributed by atoms with Crippen LogP contribution in [-0.4, -0.2) is 36.6 Å². The number of hydrogen-bond acceptors (Lipinski definition) is 5. The van der Waals surface area contributed by atoms with Crippen LogP contribution in [0.3, 0.4) is 0 Å². The summed E-state index contributed by atoms with van der Waals surface area (Å²) in [6, 6.07) is -0.223. The van der Waals surface area contributed by atoms with Crippen LogP contribution in [0.15, 0.2) is 12.4 Å². The number of carboxylic acid groups (broad SMARTS) is 1. The second kappa shape index (κ2) is 5.74. The van der Waals surface area contributed by atoms with Gasteiger partial charge in [-0.1, -0.05) is 11.6 Å². The lowest BCUT2D eigenvalue weighted by molar-refractivity contribution is 0.0678. The lowest BCUT2D eigenvalue weighted by atomic mass is 10.3. The number of rotatable bonds is 4. The molecule has 0 bridgehead atoms. The van der Waals surface area contributed by atoms with Crippen molar-refractivity contribution in [3.63, 3.8) is 0 Å². The number of carbonyl (C=O) groups is 1. The Morgan fingerprint density at radius 2 is 2.20 bits per heavy atom. The fourth-order valence-electron chi connectivity index (χ4n) is 1.68.